The first-order valence-corrected chi connectivity index (χ1v) is 12.1. The van der Waals surface area contributed by atoms with E-state index in [1.165, 1.54) is 19.2 Å². The summed E-state index contributed by atoms with van der Waals surface area (Å²) in [5, 5.41) is 24.9. The predicted octanol–water partition coefficient (Wildman–Crippen LogP) is 6.13. The van der Waals surface area contributed by atoms with Crippen LogP contribution in [0.2, 0.25) is 0 Å². The van der Waals surface area contributed by atoms with Crippen molar-refractivity contribution in [3.63, 3.8) is 0 Å². The van der Waals surface area contributed by atoms with E-state index in [2.05, 4.69) is 30.8 Å². The van der Waals surface area contributed by atoms with Gasteiger partial charge in [-0.2, -0.15) is 0 Å². The van der Waals surface area contributed by atoms with Gasteiger partial charge in [-0.15, -0.1) is 13.2 Å². The SMILES string of the molecule is COc1cc(OC(F)(F)F)ccc1-c1cc(CNC(NC(=O)O)NC(=O)O)cc(-c2ccc(C(C)(C)C)cc2)c1. The molecule has 0 radical (unpaired) electrons. The first kappa shape index (κ1) is 30.1. The van der Waals surface area contributed by atoms with Gasteiger partial charge in [0.1, 0.15) is 11.5 Å². The Kier molecular flexibility index (Phi) is 9.15. The van der Waals surface area contributed by atoms with Gasteiger partial charge in [0.25, 0.3) is 0 Å². The van der Waals surface area contributed by atoms with Crippen molar-refractivity contribution < 1.29 is 42.4 Å². The topological polar surface area (TPSA) is 129 Å². The van der Waals surface area contributed by atoms with E-state index in [4.69, 9.17) is 14.9 Å². The second-order valence-electron chi connectivity index (χ2n) is 9.87. The molecule has 5 N–H and O–H groups in total. The Morgan fingerprint density at radius 3 is 1.98 bits per heavy atom. The molecule has 2 amide bonds. The average Bonchev–Trinajstić information content (AvgIpc) is 2.85. The zero-order chi connectivity index (χ0) is 29.7. The fourth-order valence-electron chi connectivity index (χ4n) is 3.99. The monoisotopic (exact) mass is 561 g/mol. The summed E-state index contributed by atoms with van der Waals surface area (Å²) in [4.78, 5) is 22.2. The molecule has 0 spiro atoms. The van der Waals surface area contributed by atoms with Crippen LogP contribution in [0.15, 0.2) is 60.7 Å². The van der Waals surface area contributed by atoms with Crippen molar-refractivity contribution in [2.24, 2.45) is 0 Å². The maximum atomic E-state index is 12.8. The van der Waals surface area contributed by atoms with Gasteiger partial charge in [0.2, 0.25) is 0 Å². The Bertz CT molecular complexity index is 1340. The van der Waals surface area contributed by atoms with Gasteiger partial charge in [0.05, 0.1) is 7.11 Å². The second kappa shape index (κ2) is 12.2. The smallest absolute Gasteiger partial charge is 0.496 e. The summed E-state index contributed by atoms with van der Waals surface area (Å²) in [5.41, 5.74) is 4.39. The second-order valence-corrected chi connectivity index (χ2v) is 9.87. The van der Waals surface area contributed by atoms with E-state index in [9.17, 15) is 22.8 Å². The number of benzene rings is 3. The van der Waals surface area contributed by atoms with Crippen molar-refractivity contribution in [1.29, 1.82) is 0 Å². The van der Waals surface area contributed by atoms with Crippen LogP contribution in [-0.2, 0) is 12.0 Å². The highest BCUT2D eigenvalue weighted by Crippen LogP contribution is 2.37. The van der Waals surface area contributed by atoms with Gasteiger partial charge in [-0.25, -0.2) is 9.59 Å². The fraction of sp³-hybridized carbons (Fsp3) is 0.286. The van der Waals surface area contributed by atoms with E-state index < -0.39 is 30.6 Å². The van der Waals surface area contributed by atoms with Crippen LogP contribution >= 0.6 is 0 Å². The lowest BCUT2D eigenvalue weighted by atomic mass is 9.86. The van der Waals surface area contributed by atoms with Crippen molar-refractivity contribution in [1.82, 2.24) is 16.0 Å². The van der Waals surface area contributed by atoms with Crippen molar-refractivity contribution in [3.05, 3.63) is 71.8 Å². The molecule has 0 heterocycles. The van der Waals surface area contributed by atoms with E-state index in [-0.39, 0.29) is 17.7 Å². The van der Waals surface area contributed by atoms with Gasteiger partial charge in [-0.3, -0.25) is 16.0 Å². The number of carboxylic acid groups (broad SMARTS) is 2. The number of alkyl halides is 3. The molecular weight excluding hydrogens is 531 g/mol. The van der Waals surface area contributed by atoms with Gasteiger partial charge in [0, 0.05) is 18.2 Å². The molecule has 3 rings (SSSR count). The number of hydrogen-bond acceptors (Lipinski definition) is 5. The molecule has 3 aromatic carbocycles. The molecule has 0 aliphatic rings. The molecule has 0 aliphatic carbocycles. The Hall–Kier alpha value is -4.45. The summed E-state index contributed by atoms with van der Waals surface area (Å²) in [6.07, 6.45) is -9.05. The minimum Gasteiger partial charge on any atom is -0.496 e. The molecule has 0 atom stereocenters. The zero-order valence-corrected chi connectivity index (χ0v) is 22.2. The van der Waals surface area contributed by atoms with Gasteiger partial charge in [0.15, 0.2) is 6.29 Å². The van der Waals surface area contributed by atoms with Crippen molar-refractivity contribution in [3.8, 4) is 33.8 Å². The van der Waals surface area contributed by atoms with E-state index in [0.29, 0.717) is 16.7 Å². The van der Waals surface area contributed by atoms with Crippen LogP contribution in [0, 0.1) is 0 Å². The average molecular weight is 562 g/mol. The van der Waals surface area contributed by atoms with Crippen LogP contribution in [0.5, 0.6) is 11.5 Å². The quantitative estimate of drug-likeness (QED) is 0.199. The van der Waals surface area contributed by atoms with E-state index >= 15 is 0 Å². The molecule has 0 fully saturated rings. The summed E-state index contributed by atoms with van der Waals surface area (Å²) in [7, 11) is 1.33. The van der Waals surface area contributed by atoms with E-state index in [1.807, 2.05) is 47.0 Å². The molecule has 0 unspecified atom stereocenters. The Morgan fingerprint density at radius 2 is 1.45 bits per heavy atom. The molecule has 0 bridgehead atoms. The summed E-state index contributed by atoms with van der Waals surface area (Å²) >= 11 is 0. The van der Waals surface area contributed by atoms with Crippen LogP contribution in [0.25, 0.3) is 22.3 Å². The van der Waals surface area contributed by atoms with Gasteiger partial charge in [-0.05, 0) is 63.6 Å². The van der Waals surface area contributed by atoms with Crippen molar-refractivity contribution in [2.75, 3.05) is 7.11 Å². The Morgan fingerprint density at radius 1 is 0.850 bits per heavy atom. The lowest BCUT2D eigenvalue weighted by molar-refractivity contribution is -0.274. The summed E-state index contributed by atoms with van der Waals surface area (Å²) < 4.78 is 47.6. The van der Waals surface area contributed by atoms with Crippen LogP contribution < -0.4 is 25.4 Å². The Balaban J connectivity index is 2.06. The van der Waals surface area contributed by atoms with Crippen LogP contribution in [-0.4, -0.2) is 42.2 Å². The van der Waals surface area contributed by atoms with E-state index in [0.717, 1.165) is 22.8 Å². The molecule has 0 aromatic heterocycles. The minimum absolute atomic E-state index is 0.0315. The maximum Gasteiger partial charge on any atom is 0.573 e. The highest BCUT2D eigenvalue weighted by atomic mass is 19.4. The molecule has 12 heteroatoms. The third-order valence-electron chi connectivity index (χ3n) is 5.84. The number of carbonyl (C=O) groups is 2. The molecule has 40 heavy (non-hydrogen) atoms. The lowest BCUT2D eigenvalue weighted by Crippen LogP contribution is -2.55. The van der Waals surface area contributed by atoms with Crippen molar-refractivity contribution in [2.45, 2.75) is 45.4 Å². The minimum atomic E-state index is -4.87. The van der Waals surface area contributed by atoms with E-state index in [1.54, 1.807) is 6.07 Å². The highest BCUT2D eigenvalue weighted by Gasteiger charge is 2.31. The van der Waals surface area contributed by atoms with Crippen LogP contribution in [0.4, 0.5) is 22.8 Å². The molecule has 3 aromatic rings. The standard InChI is InChI=1S/C28H30F3N3O6/c1-27(2,3)20-7-5-17(6-8-20)18-11-16(15-32-24(33-25(35)36)34-26(37)38)12-19(13-18)22-10-9-21(14-23(22)39-4)40-28(29,30)31/h5-14,24,32-34H,15H2,1-4H3,(H,35,36)(H,37,38). The Labute approximate surface area is 228 Å². The van der Waals surface area contributed by atoms with Crippen LogP contribution in [0.3, 0.4) is 0 Å². The molecular formula is C28H30F3N3O6. The third-order valence-corrected chi connectivity index (χ3v) is 5.84. The number of ether oxygens (including phenoxy) is 2. The first-order chi connectivity index (χ1) is 18.6. The first-order valence-electron chi connectivity index (χ1n) is 12.1. The largest absolute Gasteiger partial charge is 0.573 e. The number of rotatable bonds is 9. The van der Waals surface area contributed by atoms with Crippen molar-refractivity contribution >= 4 is 12.2 Å². The highest BCUT2D eigenvalue weighted by molar-refractivity contribution is 5.78. The number of hydrogen-bond donors (Lipinski definition) is 5. The molecule has 0 saturated carbocycles. The molecule has 0 saturated heterocycles. The summed E-state index contributed by atoms with van der Waals surface area (Å²) in [5.74, 6) is -0.301. The zero-order valence-electron chi connectivity index (χ0n) is 22.2. The number of nitrogens with one attached hydrogen (secondary N) is 3. The summed E-state index contributed by atoms with van der Waals surface area (Å²) in [6.45, 7) is 6.32. The third kappa shape index (κ3) is 8.53. The van der Waals surface area contributed by atoms with Gasteiger partial charge in [-0.1, -0.05) is 45.0 Å². The fourth-order valence-corrected chi connectivity index (χ4v) is 3.99. The normalized spacial score (nSPS) is 11.7. The predicted molar refractivity (Wildman–Crippen MR) is 142 cm³/mol. The number of halogens is 3. The maximum absolute atomic E-state index is 12.8. The lowest BCUT2D eigenvalue weighted by Gasteiger charge is -2.20. The molecule has 214 valence electrons. The number of amides is 2. The molecule has 9 nitrogen and oxygen atoms in total. The number of methoxy groups -OCH3 is 1. The van der Waals surface area contributed by atoms with Crippen LogP contribution in [0.1, 0.15) is 31.9 Å². The van der Waals surface area contributed by atoms with Gasteiger partial charge < -0.3 is 19.7 Å². The molecule has 0 aliphatic heterocycles. The summed E-state index contributed by atoms with van der Waals surface area (Å²) in [6, 6.07) is 17.1. The van der Waals surface area contributed by atoms with Gasteiger partial charge >= 0.3 is 18.5 Å².